The number of hydrogen-bond donors (Lipinski definition) is 1. The summed E-state index contributed by atoms with van der Waals surface area (Å²) in [6, 6.07) is 10.3. The average Bonchev–Trinajstić information content (AvgIpc) is 2.48. The molecule has 1 aromatic carbocycles. The first-order chi connectivity index (χ1) is 9.22. The highest BCUT2D eigenvalue weighted by molar-refractivity contribution is 5.81. The Kier molecular flexibility index (Phi) is 4.97. The Hall–Kier alpha value is -1.35. The van der Waals surface area contributed by atoms with E-state index < -0.39 is 0 Å². The summed E-state index contributed by atoms with van der Waals surface area (Å²) in [4.78, 5) is 14.1. The van der Waals surface area contributed by atoms with Crippen molar-refractivity contribution in [1.29, 1.82) is 0 Å². The van der Waals surface area contributed by atoms with Gasteiger partial charge in [-0.25, -0.2) is 0 Å². The van der Waals surface area contributed by atoms with Crippen molar-refractivity contribution in [3.05, 3.63) is 35.9 Å². The monoisotopic (exact) mass is 260 g/mol. The molecule has 2 N–H and O–H groups in total. The van der Waals surface area contributed by atoms with E-state index in [4.69, 9.17) is 5.73 Å². The van der Waals surface area contributed by atoms with E-state index in [1.165, 1.54) is 5.56 Å². The molecule has 1 saturated heterocycles. The highest BCUT2D eigenvalue weighted by Crippen LogP contribution is 2.27. The zero-order valence-corrected chi connectivity index (χ0v) is 11.7. The van der Waals surface area contributed by atoms with Gasteiger partial charge in [0.15, 0.2) is 0 Å². The Balaban J connectivity index is 1.87. The topological polar surface area (TPSA) is 46.3 Å². The normalized spacial score (nSPS) is 18.3. The number of nitrogens with zero attached hydrogens (tertiary/aromatic N) is 1. The Labute approximate surface area is 115 Å². The molecule has 3 nitrogen and oxygen atoms in total. The van der Waals surface area contributed by atoms with Crippen LogP contribution in [0.1, 0.15) is 44.1 Å². The van der Waals surface area contributed by atoms with E-state index in [1.807, 2.05) is 11.0 Å². The molecular weight excluding hydrogens is 236 g/mol. The van der Waals surface area contributed by atoms with Gasteiger partial charge in [0.1, 0.15) is 0 Å². The predicted molar refractivity (Wildman–Crippen MR) is 77.9 cm³/mol. The molecule has 1 heterocycles. The van der Waals surface area contributed by atoms with Crippen molar-refractivity contribution < 1.29 is 4.79 Å². The van der Waals surface area contributed by atoms with Gasteiger partial charge in [-0.05, 0) is 30.7 Å². The van der Waals surface area contributed by atoms with Crippen LogP contribution in [0.2, 0.25) is 0 Å². The standard InChI is InChI=1S/C16H24N2O/c1-2-6-15(17)16(19)18-11-9-14(10-12-18)13-7-4-3-5-8-13/h3-5,7-8,14-15H,2,6,9-12,17H2,1H3. The van der Waals surface area contributed by atoms with Gasteiger partial charge in [-0.15, -0.1) is 0 Å². The third-order valence-electron chi connectivity index (χ3n) is 3.99. The second-order valence-electron chi connectivity index (χ2n) is 5.41. The number of benzene rings is 1. The molecule has 0 bridgehead atoms. The summed E-state index contributed by atoms with van der Waals surface area (Å²) in [5.74, 6) is 0.723. The molecule has 0 aromatic heterocycles. The summed E-state index contributed by atoms with van der Waals surface area (Å²) in [7, 11) is 0. The summed E-state index contributed by atoms with van der Waals surface area (Å²) in [6.07, 6.45) is 3.86. The van der Waals surface area contributed by atoms with E-state index in [1.54, 1.807) is 0 Å². The zero-order chi connectivity index (χ0) is 13.7. The van der Waals surface area contributed by atoms with Crippen molar-refractivity contribution in [2.75, 3.05) is 13.1 Å². The van der Waals surface area contributed by atoms with Crippen LogP contribution >= 0.6 is 0 Å². The fraction of sp³-hybridized carbons (Fsp3) is 0.562. The zero-order valence-electron chi connectivity index (χ0n) is 11.7. The number of likely N-dealkylation sites (tertiary alicyclic amines) is 1. The highest BCUT2D eigenvalue weighted by atomic mass is 16.2. The minimum Gasteiger partial charge on any atom is -0.341 e. The lowest BCUT2D eigenvalue weighted by atomic mass is 9.89. The van der Waals surface area contributed by atoms with Crippen LogP contribution in [0, 0.1) is 0 Å². The van der Waals surface area contributed by atoms with Crippen LogP contribution in [0.4, 0.5) is 0 Å². The SMILES string of the molecule is CCCC(N)C(=O)N1CCC(c2ccccc2)CC1. The van der Waals surface area contributed by atoms with E-state index in [9.17, 15) is 4.79 Å². The summed E-state index contributed by atoms with van der Waals surface area (Å²) >= 11 is 0. The molecule has 1 amide bonds. The molecule has 1 unspecified atom stereocenters. The van der Waals surface area contributed by atoms with Crippen LogP contribution in [0.25, 0.3) is 0 Å². The minimum atomic E-state index is -0.307. The molecule has 3 heteroatoms. The number of carbonyl (C=O) groups is 1. The smallest absolute Gasteiger partial charge is 0.239 e. The van der Waals surface area contributed by atoms with Gasteiger partial charge in [0.25, 0.3) is 0 Å². The van der Waals surface area contributed by atoms with Gasteiger partial charge in [0.05, 0.1) is 6.04 Å². The van der Waals surface area contributed by atoms with Crippen molar-refractivity contribution in [3.63, 3.8) is 0 Å². The van der Waals surface area contributed by atoms with Gasteiger partial charge < -0.3 is 10.6 Å². The largest absolute Gasteiger partial charge is 0.341 e. The number of nitrogens with two attached hydrogens (primary N) is 1. The molecule has 1 atom stereocenters. The van der Waals surface area contributed by atoms with Crippen LogP contribution in [0.5, 0.6) is 0 Å². The molecular formula is C16H24N2O. The minimum absolute atomic E-state index is 0.133. The van der Waals surface area contributed by atoms with Crippen LogP contribution in [0.15, 0.2) is 30.3 Å². The van der Waals surface area contributed by atoms with Gasteiger partial charge in [0, 0.05) is 13.1 Å². The molecule has 2 rings (SSSR count). The maximum absolute atomic E-state index is 12.1. The first kappa shape index (κ1) is 14.1. The average molecular weight is 260 g/mol. The van der Waals surface area contributed by atoms with Gasteiger partial charge in [-0.3, -0.25) is 4.79 Å². The molecule has 0 saturated carbocycles. The summed E-state index contributed by atoms with van der Waals surface area (Å²) in [5.41, 5.74) is 7.31. The molecule has 1 fully saturated rings. The van der Waals surface area contributed by atoms with Crippen molar-refractivity contribution in [2.24, 2.45) is 5.73 Å². The van der Waals surface area contributed by atoms with E-state index in [2.05, 4.69) is 31.2 Å². The Bertz CT molecular complexity index is 396. The van der Waals surface area contributed by atoms with E-state index in [-0.39, 0.29) is 11.9 Å². The predicted octanol–water partition coefficient (Wildman–Crippen LogP) is 2.52. The first-order valence-electron chi connectivity index (χ1n) is 7.31. The molecule has 104 valence electrons. The first-order valence-corrected chi connectivity index (χ1v) is 7.31. The second kappa shape index (κ2) is 6.71. The van der Waals surface area contributed by atoms with Gasteiger partial charge in [-0.2, -0.15) is 0 Å². The summed E-state index contributed by atoms with van der Waals surface area (Å²) < 4.78 is 0. The quantitative estimate of drug-likeness (QED) is 0.904. The van der Waals surface area contributed by atoms with Crippen molar-refractivity contribution in [3.8, 4) is 0 Å². The van der Waals surface area contributed by atoms with E-state index >= 15 is 0 Å². The number of hydrogen-bond acceptors (Lipinski definition) is 2. The van der Waals surface area contributed by atoms with Crippen LogP contribution in [0.3, 0.4) is 0 Å². The van der Waals surface area contributed by atoms with Crippen LogP contribution in [-0.2, 0) is 4.79 Å². The molecule has 19 heavy (non-hydrogen) atoms. The van der Waals surface area contributed by atoms with Gasteiger partial charge >= 0.3 is 0 Å². The molecule has 1 aliphatic rings. The van der Waals surface area contributed by atoms with Gasteiger partial charge in [-0.1, -0.05) is 43.7 Å². The molecule has 1 aliphatic heterocycles. The van der Waals surface area contributed by atoms with E-state index in [0.717, 1.165) is 38.8 Å². The number of piperidine rings is 1. The fourth-order valence-corrected chi connectivity index (χ4v) is 2.83. The fourth-order valence-electron chi connectivity index (χ4n) is 2.83. The van der Waals surface area contributed by atoms with E-state index in [0.29, 0.717) is 5.92 Å². The molecule has 0 aliphatic carbocycles. The third-order valence-corrected chi connectivity index (χ3v) is 3.99. The Morgan fingerprint density at radius 2 is 1.95 bits per heavy atom. The van der Waals surface area contributed by atoms with Gasteiger partial charge in [0.2, 0.25) is 5.91 Å². The number of carbonyl (C=O) groups excluding carboxylic acids is 1. The van der Waals surface area contributed by atoms with Crippen molar-refractivity contribution in [1.82, 2.24) is 4.90 Å². The Morgan fingerprint density at radius 1 is 1.32 bits per heavy atom. The highest BCUT2D eigenvalue weighted by Gasteiger charge is 2.26. The number of amides is 1. The summed E-state index contributed by atoms with van der Waals surface area (Å²) in [6.45, 7) is 3.75. The summed E-state index contributed by atoms with van der Waals surface area (Å²) in [5, 5.41) is 0. The van der Waals surface area contributed by atoms with Crippen LogP contribution in [-0.4, -0.2) is 29.9 Å². The Morgan fingerprint density at radius 3 is 2.53 bits per heavy atom. The molecule has 0 spiro atoms. The maximum atomic E-state index is 12.1. The van der Waals surface area contributed by atoms with Crippen molar-refractivity contribution in [2.45, 2.75) is 44.6 Å². The maximum Gasteiger partial charge on any atom is 0.239 e. The van der Waals surface area contributed by atoms with Crippen LogP contribution < -0.4 is 5.73 Å². The van der Waals surface area contributed by atoms with Crippen molar-refractivity contribution >= 4 is 5.91 Å². The number of rotatable bonds is 4. The second-order valence-corrected chi connectivity index (χ2v) is 5.41. The lowest BCUT2D eigenvalue weighted by Crippen LogP contribution is -2.46. The molecule has 1 aromatic rings. The lowest BCUT2D eigenvalue weighted by Gasteiger charge is -2.33. The third kappa shape index (κ3) is 3.57. The molecule has 0 radical (unpaired) electrons. The lowest BCUT2D eigenvalue weighted by molar-refractivity contribution is -0.133.